The lowest BCUT2D eigenvalue weighted by molar-refractivity contribution is 0.0288. The van der Waals surface area contributed by atoms with Crippen molar-refractivity contribution in [3.05, 3.63) is 35.6 Å². The highest BCUT2D eigenvalue weighted by molar-refractivity contribution is 5.15. The second-order valence-electron chi connectivity index (χ2n) is 3.57. The lowest BCUT2D eigenvalue weighted by atomic mass is 10.2. The maximum Gasteiger partial charge on any atom is 0.123 e. The Labute approximate surface area is 95.6 Å². The van der Waals surface area contributed by atoms with Crippen molar-refractivity contribution in [3.8, 4) is 0 Å². The molecular formula is C12H18FNO2. The van der Waals surface area contributed by atoms with E-state index in [-0.39, 0.29) is 11.9 Å². The van der Waals surface area contributed by atoms with E-state index >= 15 is 0 Å². The third-order valence-electron chi connectivity index (χ3n) is 2.30. The Morgan fingerprint density at radius 1 is 1.25 bits per heavy atom. The number of ether oxygens (including phenoxy) is 2. The van der Waals surface area contributed by atoms with Gasteiger partial charge in [-0.25, -0.2) is 4.39 Å². The summed E-state index contributed by atoms with van der Waals surface area (Å²) in [5.41, 5.74) is 1.05. The summed E-state index contributed by atoms with van der Waals surface area (Å²) in [6, 6.07) is 6.45. The van der Waals surface area contributed by atoms with E-state index in [2.05, 4.69) is 5.32 Å². The number of hydrogen-bond donors (Lipinski definition) is 1. The molecule has 0 amide bonds. The molecule has 0 saturated heterocycles. The van der Waals surface area contributed by atoms with E-state index in [0.717, 1.165) is 5.56 Å². The summed E-state index contributed by atoms with van der Waals surface area (Å²) in [4.78, 5) is 0. The van der Waals surface area contributed by atoms with E-state index in [1.54, 1.807) is 26.4 Å². The van der Waals surface area contributed by atoms with E-state index in [4.69, 9.17) is 9.47 Å². The monoisotopic (exact) mass is 227 g/mol. The molecule has 16 heavy (non-hydrogen) atoms. The zero-order valence-corrected chi connectivity index (χ0v) is 9.70. The number of rotatable bonds is 7. The molecule has 1 aromatic carbocycles. The van der Waals surface area contributed by atoms with Crippen molar-refractivity contribution < 1.29 is 13.9 Å². The van der Waals surface area contributed by atoms with Gasteiger partial charge in [-0.15, -0.1) is 0 Å². The van der Waals surface area contributed by atoms with Crippen LogP contribution in [0.15, 0.2) is 24.3 Å². The molecule has 0 aromatic heterocycles. The van der Waals surface area contributed by atoms with Crippen molar-refractivity contribution in [1.29, 1.82) is 0 Å². The van der Waals surface area contributed by atoms with Crippen LogP contribution in [-0.2, 0) is 16.0 Å². The Bertz CT molecular complexity index is 290. The molecule has 0 aliphatic heterocycles. The normalized spacial score (nSPS) is 12.7. The molecule has 1 unspecified atom stereocenters. The predicted molar refractivity (Wildman–Crippen MR) is 60.8 cm³/mol. The standard InChI is InChI=1S/C12H18FNO2/c1-15-9-12(16-2)8-14-7-10-3-5-11(13)6-4-10/h3-6,12,14H,7-9H2,1-2H3. The van der Waals surface area contributed by atoms with Crippen LogP contribution in [-0.4, -0.2) is 33.5 Å². The Morgan fingerprint density at radius 2 is 1.94 bits per heavy atom. The molecule has 0 spiro atoms. The molecule has 1 aromatic rings. The summed E-state index contributed by atoms with van der Waals surface area (Å²) < 4.78 is 22.8. The van der Waals surface area contributed by atoms with Gasteiger partial charge in [0.15, 0.2) is 0 Å². The summed E-state index contributed by atoms with van der Waals surface area (Å²) in [5.74, 6) is -0.210. The van der Waals surface area contributed by atoms with Crippen molar-refractivity contribution in [2.75, 3.05) is 27.4 Å². The molecule has 1 N–H and O–H groups in total. The maximum absolute atomic E-state index is 12.6. The minimum Gasteiger partial charge on any atom is -0.382 e. The zero-order chi connectivity index (χ0) is 11.8. The van der Waals surface area contributed by atoms with Gasteiger partial charge in [0.25, 0.3) is 0 Å². The van der Waals surface area contributed by atoms with Crippen LogP contribution in [0.5, 0.6) is 0 Å². The number of halogens is 1. The molecule has 0 radical (unpaired) electrons. The Hall–Kier alpha value is -0.970. The van der Waals surface area contributed by atoms with Gasteiger partial charge in [-0.3, -0.25) is 0 Å². The fraction of sp³-hybridized carbons (Fsp3) is 0.500. The number of hydrogen-bond acceptors (Lipinski definition) is 3. The molecule has 1 rings (SSSR count). The van der Waals surface area contributed by atoms with Crippen LogP contribution in [0, 0.1) is 5.82 Å². The molecule has 3 nitrogen and oxygen atoms in total. The fourth-order valence-corrected chi connectivity index (χ4v) is 1.38. The van der Waals surface area contributed by atoms with Crippen LogP contribution in [0.1, 0.15) is 5.56 Å². The van der Waals surface area contributed by atoms with Crippen molar-refractivity contribution in [3.63, 3.8) is 0 Å². The Morgan fingerprint density at radius 3 is 2.50 bits per heavy atom. The topological polar surface area (TPSA) is 30.5 Å². The van der Waals surface area contributed by atoms with E-state index in [0.29, 0.717) is 19.7 Å². The number of benzene rings is 1. The lowest BCUT2D eigenvalue weighted by Gasteiger charge is -2.14. The highest BCUT2D eigenvalue weighted by Gasteiger charge is 2.05. The van der Waals surface area contributed by atoms with Gasteiger partial charge in [0.1, 0.15) is 5.82 Å². The highest BCUT2D eigenvalue weighted by atomic mass is 19.1. The third kappa shape index (κ3) is 4.70. The summed E-state index contributed by atoms with van der Waals surface area (Å²) in [6.45, 7) is 1.97. The number of nitrogens with one attached hydrogen (secondary N) is 1. The first-order valence-corrected chi connectivity index (χ1v) is 5.23. The second kappa shape index (κ2) is 7.33. The average molecular weight is 227 g/mol. The van der Waals surface area contributed by atoms with Crippen LogP contribution in [0.4, 0.5) is 4.39 Å². The van der Waals surface area contributed by atoms with Gasteiger partial charge in [0, 0.05) is 27.3 Å². The molecule has 4 heteroatoms. The highest BCUT2D eigenvalue weighted by Crippen LogP contribution is 2.02. The van der Waals surface area contributed by atoms with Gasteiger partial charge in [-0.1, -0.05) is 12.1 Å². The van der Waals surface area contributed by atoms with Gasteiger partial charge < -0.3 is 14.8 Å². The largest absolute Gasteiger partial charge is 0.382 e. The first-order chi connectivity index (χ1) is 7.76. The molecular weight excluding hydrogens is 209 g/mol. The Balaban J connectivity index is 2.26. The lowest BCUT2D eigenvalue weighted by Crippen LogP contribution is -2.31. The second-order valence-corrected chi connectivity index (χ2v) is 3.57. The molecule has 1 atom stereocenters. The molecule has 0 fully saturated rings. The summed E-state index contributed by atoms with van der Waals surface area (Å²) in [5, 5.41) is 3.23. The SMILES string of the molecule is COCC(CNCc1ccc(F)cc1)OC. The van der Waals surface area contributed by atoms with Crippen LogP contribution >= 0.6 is 0 Å². The fourth-order valence-electron chi connectivity index (χ4n) is 1.38. The van der Waals surface area contributed by atoms with Gasteiger partial charge in [0.2, 0.25) is 0 Å². The average Bonchev–Trinajstić information content (AvgIpc) is 2.30. The van der Waals surface area contributed by atoms with E-state index in [1.165, 1.54) is 12.1 Å². The predicted octanol–water partition coefficient (Wildman–Crippen LogP) is 1.58. The van der Waals surface area contributed by atoms with Crippen LogP contribution in [0.25, 0.3) is 0 Å². The number of methoxy groups -OCH3 is 2. The van der Waals surface area contributed by atoms with E-state index in [9.17, 15) is 4.39 Å². The van der Waals surface area contributed by atoms with Crippen molar-refractivity contribution in [2.45, 2.75) is 12.6 Å². The minimum atomic E-state index is -0.210. The van der Waals surface area contributed by atoms with Crippen LogP contribution in [0.3, 0.4) is 0 Å². The quantitative estimate of drug-likeness (QED) is 0.767. The van der Waals surface area contributed by atoms with Gasteiger partial charge >= 0.3 is 0 Å². The van der Waals surface area contributed by atoms with E-state index in [1.807, 2.05) is 0 Å². The third-order valence-corrected chi connectivity index (χ3v) is 2.30. The summed E-state index contributed by atoms with van der Waals surface area (Å²) in [7, 11) is 3.30. The smallest absolute Gasteiger partial charge is 0.123 e. The molecule has 0 aliphatic rings. The molecule has 0 saturated carbocycles. The van der Waals surface area contributed by atoms with Crippen molar-refractivity contribution in [1.82, 2.24) is 5.32 Å². The van der Waals surface area contributed by atoms with Crippen molar-refractivity contribution in [2.24, 2.45) is 0 Å². The summed E-state index contributed by atoms with van der Waals surface area (Å²) >= 11 is 0. The van der Waals surface area contributed by atoms with Gasteiger partial charge in [-0.2, -0.15) is 0 Å². The maximum atomic E-state index is 12.6. The Kier molecular flexibility index (Phi) is 6.00. The molecule has 0 bridgehead atoms. The molecule has 0 heterocycles. The van der Waals surface area contributed by atoms with E-state index < -0.39 is 0 Å². The molecule has 0 aliphatic carbocycles. The molecule has 90 valence electrons. The minimum absolute atomic E-state index is 0.0467. The van der Waals surface area contributed by atoms with Gasteiger partial charge in [0.05, 0.1) is 12.7 Å². The first kappa shape index (κ1) is 13.1. The first-order valence-electron chi connectivity index (χ1n) is 5.23. The summed E-state index contributed by atoms with van der Waals surface area (Å²) in [6.07, 6.45) is 0.0467. The van der Waals surface area contributed by atoms with Crippen molar-refractivity contribution >= 4 is 0 Å². The van der Waals surface area contributed by atoms with Crippen LogP contribution in [0.2, 0.25) is 0 Å². The van der Waals surface area contributed by atoms with Gasteiger partial charge in [-0.05, 0) is 17.7 Å². The zero-order valence-electron chi connectivity index (χ0n) is 9.70. The van der Waals surface area contributed by atoms with Crippen LogP contribution < -0.4 is 5.32 Å².